The Morgan fingerprint density at radius 2 is 2.10 bits per heavy atom. The van der Waals surface area contributed by atoms with Gasteiger partial charge in [0.25, 0.3) is 0 Å². The molecule has 0 bridgehead atoms. The van der Waals surface area contributed by atoms with Gasteiger partial charge >= 0.3 is 0 Å². The van der Waals surface area contributed by atoms with Crippen LogP contribution in [0.15, 0.2) is 24.3 Å². The molecule has 2 N–H and O–H groups in total. The Morgan fingerprint density at radius 1 is 1.35 bits per heavy atom. The van der Waals surface area contributed by atoms with E-state index in [1.165, 1.54) is 0 Å². The van der Waals surface area contributed by atoms with Crippen LogP contribution in [0.3, 0.4) is 0 Å². The van der Waals surface area contributed by atoms with Gasteiger partial charge in [-0.15, -0.1) is 0 Å². The lowest BCUT2D eigenvalue weighted by Crippen LogP contribution is -2.42. The van der Waals surface area contributed by atoms with Crippen LogP contribution in [0.5, 0.6) is 0 Å². The average Bonchev–Trinajstić information content (AvgIpc) is 3.01. The van der Waals surface area contributed by atoms with E-state index < -0.39 is 0 Å². The Balaban J connectivity index is 1.59. The molecule has 2 saturated heterocycles. The van der Waals surface area contributed by atoms with Crippen molar-refractivity contribution in [3.63, 3.8) is 0 Å². The fourth-order valence-electron chi connectivity index (χ4n) is 2.95. The summed E-state index contributed by atoms with van der Waals surface area (Å²) in [5.74, 6) is 0.0708. The molecule has 3 rings (SSSR count). The number of likely N-dealkylation sites (tertiary alicyclic amines) is 1. The van der Waals surface area contributed by atoms with Gasteiger partial charge in [0.05, 0.1) is 6.10 Å². The maximum atomic E-state index is 12.3. The minimum atomic E-state index is -0.339. The van der Waals surface area contributed by atoms with E-state index in [0.717, 1.165) is 17.7 Å². The van der Waals surface area contributed by atoms with Gasteiger partial charge in [-0.1, -0.05) is 12.1 Å². The lowest BCUT2D eigenvalue weighted by molar-refractivity contribution is -0.136. The molecule has 2 aliphatic rings. The number of Topliss-reactive ketones (excluding diaryl/α,β-unsaturated/α-hetero) is 1. The number of anilines is 1. The Morgan fingerprint density at radius 3 is 2.85 bits per heavy atom. The summed E-state index contributed by atoms with van der Waals surface area (Å²) in [6.07, 6.45) is 1.77. The molecule has 5 heteroatoms. The van der Waals surface area contributed by atoms with Gasteiger partial charge in [0, 0.05) is 18.7 Å². The van der Waals surface area contributed by atoms with Crippen molar-refractivity contribution in [3.8, 4) is 0 Å². The van der Waals surface area contributed by atoms with Crippen LogP contribution in [0.1, 0.15) is 18.4 Å². The maximum Gasteiger partial charge on any atom is 0.223 e. The van der Waals surface area contributed by atoms with Crippen LogP contribution in [-0.2, 0) is 20.7 Å². The number of rotatable bonds is 3. The van der Waals surface area contributed by atoms with Crippen molar-refractivity contribution in [2.75, 3.05) is 18.9 Å². The largest absolute Gasteiger partial charge is 0.399 e. The molecular weight excluding hydrogens is 256 g/mol. The Labute approximate surface area is 117 Å². The minimum Gasteiger partial charge on any atom is -0.399 e. The van der Waals surface area contributed by atoms with Gasteiger partial charge in [0.15, 0.2) is 5.78 Å². The minimum absolute atomic E-state index is 0.0353. The molecule has 2 atom stereocenters. The van der Waals surface area contributed by atoms with Crippen LogP contribution < -0.4 is 5.73 Å². The lowest BCUT2D eigenvalue weighted by atomic mass is 10.1. The summed E-state index contributed by atoms with van der Waals surface area (Å²) in [4.78, 5) is 25.7. The number of carbonyl (C=O) groups excluding carboxylic acids is 2. The average molecular weight is 274 g/mol. The normalized spacial score (nSPS) is 25.0. The number of nitrogens with two attached hydrogens (primary N) is 1. The summed E-state index contributed by atoms with van der Waals surface area (Å²) in [6.45, 7) is 0.777. The number of fused-ring (bicyclic) bond motifs is 1. The molecule has 0 aliphatic carbocycles. The highest BCUT2D eigenvalue weighted by Gasteiger charge is 2.46. The second-order valence-electron chi connectivity index (χ2n) is 5.38. The lowest BCUT2D eigenvalue weighted by Gasteiger charge is -2.21. The van der Waals surface area contributed by atoms with Crippen LogP contribution in [0.2, 0.25) is 0 Å². The molecular formula is C15H18N2O3. The maximum absolute atomic E-state index is 12.3. The third kappa shape index (κ3) is 2.41. The molecule has 2 heterocycles. The summed E-state index contributed by atoms with van der Waals surface area (Å²) < 4.78 is 5.39. The zero-order valence-corrected chi connectivity index (χ0v) is 11.2. The summed E-state index contributed by atoms with van der Waals surface area (Å²) in [5, 5.41) is 0. The van der Waals surface area contributed by atoms with E-state index >= 15 is 0 Å². The molecule has 1 aromatic rings. The fraction of sp³-hybridized carbons (Fsp3) is 0.467. The van der Waals surface area contributed by atoms with Crippen molar-refractivity contribution in [1.82, 2.24) is 4.90 Å². The predicted octanol–water partition coefficient (Wildman–Crippen LogP) is 0.770. The number of nitrogens with zero attached hydrogens (tertiary/aromatic N) is 1. The van der Waals surface area contributed by atoms with Gasteiger partial charge in [-0.25, -0.2) is 0 Å². The van der Waals surface area contributed by atoms with Crippen molar-refractivity contribution in [1.29, 1.82) is 0 Å². The highest BCUT2D eigenvalue weighted by atomic mass is 16.5. The quantitative estimate of drug-likeness (QED) is 0.826. The summed E-state index contributed by atoms with van der Waals surface area (Å²) in [5.41, 5.74) is 7.43. The molecule has 106 valence electrons. The molecule has 2 unspecified atom stereocenters. The smallest absolute Gasteiger partial charge is 0.223 e. The first-order chi connectivity index (χ1) is 9.65. The van der Waals surface area contributed by atoms with Crippen molar-refractivity contribution in [2.24, 2.45) is 0 Å². The van der Waals surface area contributed by atoms with Gasteiger partial charge < -0.3 is 15.4 Å². The zero-order chi connectivity index (χ0) is 14.1. The van der Waals surface area contributed by atoms with E-state index in [2.05, 4.69) is 0 Å². The monoisotopic (exact) mass is 274 g/mol. The van der Waals surface area contributed by atoms with Crippen molar-refractivity contribution in [3.05, 3.63) is 29.8 Å². The summed E-state index contributed by atoms with van der Waals surface area (Å²) in [6, 6.07) is 7.19. The third-order valence-electron chi connectivity index (χ3n) is 4.04. The van der Waals surface area contributed by atoms with E-state index in [9.17, 15) is 9.59 Å². The summed E-state index contributed by atoms with van der Waals surface area (Å²) in [7, 11) is 0. The first-order valence-corrected chi connectivity index (χ1v) is 6.93. The topological polar surface area (TPSA) is 72.6 Å². The predicted molar refractivity (Wildman–Crippen MR) is 74.0 cm³/mol. The van der Waals surface area contributed by atoms with E-state index in [0.29, 0.717) is 19.4 Å². The number of ketones is 1. The van der Waals surface area contributed by atoms with Gasteiger partial charge in [0.2, 0.25) is 5.91 Å². The molecule has 5 nitrogen and oxygen atoms in total. The number of carbonyl (C=O) groups is 2. The standard InChI is InChI=1S/C15H18N2O3/c16-11-4-1-10(2-5-11)3-6-14(19)17-8-7-13-15(17)12(18)9-20-13/h1-2,4-5,13,15H,3,6-9,16H2. The molecule has 20 heavy (non-hydrogen) atoms. The first kappa shape index (κ1) is 13.1. The van der Waals surface area contributed by atoms with E-state index in [1.54, 1.807) is 4.90 Å². The van der Waals surface area contributed by atoms with Crippen molar-refractivity contribution >= 4 is 17.4 Å². The van der Waals surface area contributed by atoms with E-state index in [-0.39, 0.29) is 30.4 Å². The van der Waals surface area contributed by atoms with Crippen molar-refractivity contribution in [2.45, 2.75) is 31.4 Å². The number of benzene rings is 1. The highest BCUT2D eigenvalue weighted by molar-refractivity contribution is 5.92. The Kier molecular flexibility index (Phi) is 3.44. The number of hydrogen-bond acceptors (Lipinski definition) is 4. The molecule has 0 aromatic heterocycles. The van der Waals surface area contributed by atoms with Crippen LogP contribution in [0.4, 0.5) is 5.69 Å². The third-order valence-corrected chi connectivity index (χ3v) is 4.04. The van der Waals surface area contributed by atoms with E-state index in [1.807, 2.05) is 24.3 Å². The number of amides is 1. The number of nitrogen functional groups attached to an aromatic ring is 1. The molecule has 2 fully saturated rings. The zero-order valence-electron chi connectivity index (χ0n) is 11.2. The molecule has 2 aliphatic heterocycles. The number of ether oxygens (including phenoxy) is 1. The molecule has 1 aromatic carbocycles. The second-order valence-corrected chi connectivity index (χ2v) is 5.38. The highest BCUT2D eigenvalue weighted by Crippen LogP contribution is 2.27. The van der Waals surface area contributed by atoms with Crippen LogP contribution in [-0.4, -0.2) is 41.9 Å². The van der Waals surface area contributed by atoms with Crippen LogP contribution in [0, 0.1) is 0 Å². The SMILES string of the molecule is Nc1ccc(CCC(=O)N2CCC3OCC(=O)C32)cc1. The first-order valence-electron chi connectivity index (χ1n) is 6.93. The molecule has 1 amide bonds. The van der Waals surface area contributed by atoms with Gasteiger partial charge in [0.1, 0.15) is 12.6 Å². The number of aryl methyl sites for hydroxylation is 1. The van der Waals surface area contributed by atoms with Crippen LogP contribution >= 0.6 is 0 Å². The molecule has 0 spiro atoms. The van der Waals surface area contributed by atoms with Crippen LogP contribution in [0.25, 0.3) is 0 Å². The Bertz CT molecular complexity index is 526. The summed E-state index contributed by atoms with van der Waals surface area (Å²) >= 11 is 0. The fourth-order valence-corrected chi connectivity index (χ4v) is 2.95. The molecule has 0 saturated carbocycles. The Hall–Kier alpha value is -1.88. The molecule has 0 radical (unpaired) electrons. The van der Waals surface area contributed by atoms with Gasteiger partial charge in [-0.2, -0.15) is 0 Å². The van der Waals surface area contributed by atoms with E-state index in [4.69, 9.17) is 10.5 Å². The number of hydrogen-bond donors (Lipinski definition) is 1. The van der Waals surface area contributed by atoms with Gasteiger partial charge in [-0.3, -0.25) is 9.59 Å². The second kappa shape index (κ2) is 5.25. The van der Waals surface area contributed by atoms with Gasteiger partial charge in [-0.05, 0) is 30.5 Å². The van der Waals surface area contributed by atoms with Crippen molar-refractivity contribution < 1.29 is 14.3 Å².